The molecule has 0 atom stereocenters. The molecule has 1 aromatic heterocycles. The van der Waals surface area contributed by atoms with Crippen LogP contribution in [0.1, 0.15) is 23.0 Å². The van der Waals surface area contributed by atoms with Crippen molar-refractivity contribution in [1.29, 1.82) is 0 Å². The first-order valence-corrected chi connectivity index (χ1v) is 10.9. The van der Waals surface area contributed by atoms with Crippen molar-refractivity contribution in [1.82, 2.24) is 10.2 Å². The molecule has 30 heavy (non-hydrogen) atoms. The highest BCUT2D eigenvalue weighted by Gasteiger charge is 2.27. The molecule has 9 heteroatoms. The Bertz CT molecular complexity index is 1170. The van der Waals surface area contributed by atoms with E-state index in [9.17, 15) is 14.0 Å². The van der Waals surface area contributed by atoms with Gasteiger partial charge in [0, 0.05) is 5.69 Å². The summed E-state index contributed by atoms with van der Waals surface area (Å²) in [5, 5.41) is 11.8. The molecule has 2 amide bonds. The Morgan fingerprint density at radius 3 is 2.50 bits per heavy atom. The molecule has 0 bridgehead atoms. The van der Waals surface area contributed by atoms with Crippen LogP contribution in [0.4, 0.5) is 15.8 Å². The predicted octanol–water partition coefficient (Wildman–Crippen LogP) is 4.15. The first-order valence-electron chi connectivity index (χ1n) is 8.90. The van der Waals surface area contributed by atoms with E-state index < -0.39 is 32.9 Å². The maximum atomic E-state index is 13.0. The number of hydrogen-bond acceptors (Lipinski definition) is 4. The lowest BCUT2D eigenvalue weighted by atomic mass is 10.0. The van der Waals surface area contributed by atoms with Gasteiger partial charge in [-0.3, -0.25) is 14.7 Å². The number of anilines is 2. The molecule has 2 heterocycles. The minimum atomic E-state index is -0.790. The zero-order valence-electron chi connectivity index (χ0n) is 15.7. The third kappa shape index (κ3) is 4.15. The van der Waals surface area contributed by atoms with Crippen molar-refractivity contribution in [3.63, 3.8) is 0 Å². The van der Waals surface area contributed by atoms with Gasteiger partial charge in [0.1, 0.15) is 38.4 Å². The van der Waals surface area contributed by atoms with Gasteiger partial charge < -0.3 is 13.7 Å². The minimum Gasteiger partial charge on any atom is -0.439 e. The molecule has 2 aromatic carbocycles. The Labute approximate surface area is 181 Å². The summed E-state index contributed by atoms with van der Waals surface area (Å²) in [5.41, 5.74) is 2.15. The van der Waals surface area contributed by atoms with Gasteiger partial charge in [-0.2, -0.15) is 5.10 Å². The molecule has 4 rings (SSSR count). The molecule has 152 valence electrons. The van der Waals surface area contributed by atoms with Crippen LogP contribution in [0.25, 0.3) is 0 Å². The van der Waals surface area contributed by atoms with Crippen LogP contribution < -0.4 is 10.6 Å². The maximum Gasteiger partial charge on any atom is 0.275 e. The number of carbonyl (C=O) groups excluding carboxylic acids is 2. The Morgan fingerprint density at radius 2 is 1.77 bits per heavy atom. The second-order valence-corrected chi connectivity index (χ2v) is 8.30. The van der Waals surface area contributed by atoms with Crippen molar-refractivity contribution < 1.29 is 17.0 Å². The summed E-state index contributed by atoms with van der Waals surface area (Å²) in [6, 6.07) is 15.0. The Morgan fingerprint density at radius 1 is 1.03 bits per heavy atom. The monoisotopic (exact) mass is 518 g/mol. The number of benzene rings is 2. The summed E-state index contributed by atoms with van der Waals surface area (Å²) in [4.78, 5) is 25.6. The van der Waals surface area contributed by atoms with Crippen LogP contribution >= 0.6 is 21.1 Å². The van der Waals surface area contributed by atoms with Crippen molar-refractivity contribution in [3.05, 3.63) is 89.2 Å². The SMILES string of the molecule is CC1=C(C(=O)Nc2cn[nH]c2C(=O)Nc2ccc(F)cc2)C(c2ccccc2)=IO1. The van der Waals surface area contributed by atoms with Gasteiger partial charge in [0.25, 0.3) is 11.8 Å². The van der Waals surface area contributed by atoms with Crippen LogP contribution in [0.3, 0.4) is 0 Å². The van der Waals surface area contributed by atoms with Crippen molar-refractivity contribution >= 4 is 47.8 Å². The molecule has 0 fully saturated rings. The summed E-state index contributed by atoms with van der Waals surface area (Å²) in [7, 11) is 0. The van der Waals surface area contributed by atoms with E-state index in [1.807, 2.05) is 30.3 Å². The molecule has 0 saturated heterocycles. The van der Waals surface area contributed by atoms with E-state index in [0.717, 1.165) is 9.07 Å². The zero-order chi connectivity index (χ0) is 21.1. The number of amides is 2. The molecular formula is C21H16FIN4O3. The van der Waals surface area contributed by atoms with Gasteiger partial charge in [0.15, 0.2) is 0 Å². The number of allylic oxidation sites excluding steroid dienone is 1. The van der Waals surface area contributed by atoms with Gasteiger partial charge in [-0.15, -0.1) is 0 Å². The Kier molecular flexibility index (Phi) is 5.70. The largest absolute Gasteiger partial charge is 0.439 e. The number of nitrogens with zero attached hydrogens (tertiary/aromatic N) is 1. The Hall–Kier alpha value is -3.34. The van der Waals surface area contributed by atoms with Gasteiger partial charge in [0.05, 0.1) is 21.0 Å². The molecule has 0 spiro atoms. The Balaban J connectivity index is 1.53. The topological polar surface area (TPSA) is 96.1 Å². The molecule has 3 aromatic rings. The zero-order valence-corrected chi connectivity index (χ0v) is 17.9. The minimum absolute atomic E-state index is 0.0841. The summed E-state index contributed by atoms with van der Waals surface area (Å²) in [5.74, 6) is -0.735. The van der Waals surface area contributed by atoms with Crippen molar-refractivity contribution in [3.8, 4) is 0 Å². The quantitative estimate of drug-likeness (QED) is 0.443. The number of H-pyrrole nitrogens is 1. The molecule has 0 unspecified atom stereocenters. The van der Waals surface area contributed by atoms with E-state index in [4.69, 9.17) is 3.07 Å². The predicted molar refractivity (Wildman–Crippen MR) is 120 cm³/mol. The lowest BCUT2D eigenvalue weighted by Crippen LogP contribution is -2.22. The average Bonchev–Trinajstić information content (AvgIpc) is 3.37. The first kappa shape index (κ1) is 20.0. The van der Waals surface area contributed by atoms with Gasteiger partial charge in [-0.05, 0) is 36.8 Å². The standard InChI is InChI=1S/C21H16FIN4O3/c1-12-17(18(23-30-12)13-5-3-2-4-6-13)20(28)26-16-11-24-27-19(16)21(29)25-15-9-7-14(22)8-10-15/h2-11H,1H3,(H,24,27)(H,25,29)(H,26,28). The highest BCUT2D eigenvalue weighted by Crippen LogP contribution is 2.31. The number of carbonyl (C=O) groups is 2. The third-order valence-corrected chi connectivity index (χ3v) is 6.76. The first-order chi connectivity index (χ1) is 14.5. The lowest BCUT2D eigenvalue weighted by molar-refractivity contribution is -0.112. The van der Waals surface area contributed by atoms with Crippen LogP contribution in [0.2, 0.25) is 0 Å². The van der Waals surface area contributed by atoms with Crippen molar-refractivity contribution in [2.75, 3.05) is 10.6 Å². The van der Waals surface area contributed by atoms with Crippen LogP contribution in [-0.4, -0.2) is 25.5 Å². The number of nitrogens with one attached hydrogen (secondary N) is 3. The third-order valence-electron chi connectivity index (χ3n) is 4.27. The van der Waals surface area contributed by atoms with Crippen LogP contribution in [0.5, 0.6) is 0 Å². The number of halogens is 2. The van der Waals surface area contributed by atoms with Gasteiger partial charge in [-0.25, -0.2) is 4.39 Å². The van der Waals surface area contributed by atoms with Crippen molar-refractivity contribution in [2.45, 2.75) is 6.92 Å². The van der Waals surface area contributed by atoms with Crippen LogP contribution in [0.15, 0.2) is 72.1 Å². The normalized spacial score (nSPS) is 13.2. The molecular weight excluding hydrogens is 502 g/mol. The molecule has 1 aliphatic heterocycles. The molecule has 0 saturated carbocycles. The van der Waals surface area contributed by atoms with E-state index in [0.29, 0.717) is 17.0 Å². The second-order valence-electron chi connectivity index (χ2n) is 6.34. The molecule has 0 radical (unpaired) electrons. The van der Waals surface area contributed by atoms with E-state index in [1.165, 1.54) is 30.5 Å². The molecule has 0 aliphatic carbocycles. The molecule has 7 nitrogen and oxygen atoms in total. The molecule has 3 N–H and O–H groups in total. The second kappa shape index (κ2) is 8.57. The van der Waals surface area contributed by atoms with E-state index >= 15 is 0 Å². The highest BCUT2D eigenvalue weighted by atomic mass is 127. The maximum absolute atomic E-state index is 13.0. The smallest absolute Gasteiger partial charge is 0.275 e. The number of hydrogen-bond donors (Lipinski definition) is 3. The van der Waals surface area contributed by atoms with Gasteiger partial charge in [0.2, 0.25) is 0 Å². The van der Waals surface area contributed by atoms with E-state index in [2.05, 4.69) is 20.8 Å². The molecule has 1 aliphatic rings. The van der Waals surface area contributed by atoms with Crippen LogP contribution in [-0.2, 0) is 7.86 Å². The lowest BCUT2D eigenvalue weighted by Gasteiger charge is -2.10. The number of aromatic amines is 1. The van der Waals surface area contributed by atoms with Gasteiger partial charge >= 0.3 is 0 Å². The average molecular weight is 518 g/mol. The van der Waals surface area contributed by atoms with Crippen molar-refractivity contribution in [2.24, 2.45) is 0 Å². The fourth-order valence-electron chi connectivity index (χ4n) is 2.83. The van der Waals surface area contributed by atoms with E-state index in [1.54, 1.807) is 6.92 Å². The van der Waals surface area contributed by atoms with E-state index in [-0.39, 0.29) is 17.3 Å². The summed E-state index contributed by atoms with van der Waals surface area (Å²) < 4.78 is 19.6. The summed E-state index contributed by atoms with van der Waals surface area (Å²) in [6.45, 7) is 1.75. The highest BCUT2D eigenvalue weighted by molar-refractivity contribution is 14.2. The van der Waals surface area contributed by atoms with Gasteiger partial charge in [-0.1, -0.05) is 30.3 Å². The number of rotatable bonds is 5. The number of aromatic nitrogens is 2. The summed E-state index contributed by atoms with van der Waals surface area (Å²) in [6.07, 6.45) is 1.36. The summed E-state index contributed by atoms with van der Waals surface area (Å²) >= 11 is -0.790. The fourth-order valence-corrected chi connectivity index (χ4v) is 5.06. The fraction of sp³-hybridized carbons (Fsp3) is 0.0476. The van der Waals surface area contributed by atoms with Crippen LogP contribution in [0, 0.1) is 5.82 Å².